The van der Waals surface area contributed by atoms with E-state index in [1.54, 1.807) is 12.3 Å². The van der Waals surface area contributed by atoms with E-state index in [1.807, 2.05) is 11.8 Å². The van der Waals surface area contributed by atoms with E-state index in [1.165, 1.54) is 23.5 Å². The van der Waals surface area contributed by atoms with Gasteiger partial charge < -0.3 is 15.1 Å². The Balaban J connectivity index is 1.41. The van der Waals surface area contributed by atoms with Crippen molar-refractivity contribution in [1.82, 2.24) is 19.9 Å². The van der Waals surface area contributed by atoms with Crippen molar-refractivity contribution in [3.05, 3.63) is 66.1 Å². The number of hydrogen-bond donors (Lipinski definition) is 2. The monoisotopic (exact) mass is 721 g/mol. The molecule has 0 amide bonds. The van der Waals surface area contributed by atoms with Crippen molar-refractivity contribution in [3.8, 4) is 21.8 Å². The van der Waals surface area contributed by atoms with Gasteiger partial charge in [-0.2, -0.15) is 0 Å². The Bertz CT molecular complexity index is 2020. The molecule has 0 spiro atoms. The fraction of sp³-hybridized carbons (Fsp3) is 0.387. The first-order valence-corrected chi connectivity index (χ1v) is 19.4. The largest absolute Gasteiger partial charge is 0.351 e. The first kappa shape index (κ1) is 34.1. The van der Waals surface area contributed by atoms with Crippen LogP contribution >= 0.6 is 11.3 Å². The molecular weight excluding hydrogens is 688 g/mol. The topological polar surface area (TPSA) is 137 Å². The minimum absolute atomic E-state index is 0.0539. The van der Waals surface area contributed by atoms with E-state index in [-0.39, 0.29) is 46.8 Å². The standard InChI is InChI=1S/C31H34F3N7O4S3/c1-18-16-40(3)17-19(2)41(18)31-38-27(28(46-31)25-10-13-35-30(37-25)36-20-11-14-47(42,43)15-12-20)21-6-4-9-24(26(21)34)39-48(44,45)29-22(32)7-5-8-23(29)33/h4-10,13,18-20,39H,11-12,14-17H2,1-3H3,(H,35,36,37)/t18-,19-/m1/s1. The zero-order chi connectivity index (χ0) is 34.4. The number of rotatable bonds is 8. The third kappa shape index (κ3) is 6.99. The molecule has 11 nitrogen and oxygen atoms in total. The second kappa shape index (κ2) is 13.2. The number of hydrogen-bond acceptors (Lipinski definition) is 11. The Kier molecular flexibility index (Phi) is 9.41. The SMILES string of the molecule is C[C@@H]1CN(C)C[C@@H](C)N1c1nc(-c2cccc(NS(=O)(=O)c3c(F)cccc3F)c2F)c(-c2ccnc(NC3CCS(=O)(=O)CC3)n2)s1. The summed E-state index contributed by atoms with van der Waals surface area (Å²) in [5.74, 6) is -3.22. The van der Waals surface area contributed by atoms with Gasteiger partial charge in [-0.25, -0.2) is 45.0 Å². The molecule has 0 unspecified atom stereocenters. The summed E-state index contributed by atoms with van der Waals surface area (Å²) in [7, 11) is -5.88. The molecule has 4 aromatic rings. The number of thiazole rings is 1. The van der Waals surface area contributed by atoms with Crippen LogP contribution in [0.25, 0.3) is 21.8 Å². The van der Waals surface area contributed by atoms with Gasteiger partial charge in [0.2, 0.25) is 5.95 Å². The summed E-state index contributed by atoms with van der Waals surface area (Å²) in [4.78, 5) is 17.6. The predicted octanol–water partition coefficient (Wildman–Crippen LogP) is 5.00. The van der Waals surface area contributed by atoms with Crippen molar-refractivity contribution in [2.75, 3.05) is 46.6 Å². The van der Waals surface area contributed by atoms with E-state index < -0.39 is 47.9 Å². The van der Waals surface area contributed by atoms with Crippen molar-refractivity contribution in [2.24, 2.45) is 0 Å². The molecule has 2 N–H and O–H groups in total. The van der Waals surface area contributed by atoms with Gasteiger partial charge >= 0.3 is 0 Å². The molecule has 2 fully saturated rings. The van der Waals surface area contributed by atoms with Gasteiger partial charge in [-0.05, 0) is 64.1 Å². The van der Waals surface area contributed by atoms with Crippen LogP contribution in [0.3, 0.4) is 0 Å². The Hall–Kier alpha value is -3.80. The lowest BCUT2D eigenvalue weighted by Crippen LogP contribution is -2.55. The fourth-order valence-electron chi connectivity index (χ4n) is 6.24. The van der Waals surface area contributed by atoms with Crippen molar-refractivity contribution < 1.29 is 30.0 Å². The Morgan fingerprint density at radius 3 is 2.25 bits per heavy atom. The molecule has 0 radical (unpaired) electrons. The fourth-order valence-corrected chi connectivity index (χ4v) is 10.2. The zero-order valence-corrected chi connectivity index (χ0v) is 28.8. The van der Waals surface area contributed by atoms with Gasteiger partial charge in [-0.1, -0.05) is 23.5 Å². The summed E-state index contributed by atoms with van der Waals surface area (Å²) >= 11 is 1.30. The van der Waals surface area contributed by atoms with Gasteiger partial charge in [0, 0.05) is 43.0 Å². The van der Waals surface area contributed by atoms with Gasteiger partial charge in [0.25, 0.3) is 10.0 Å². The quantitative estimate of drug-likeness (QED) is 0.256. The molecule has 0 aliphatic carbocycles. The molecule has 17 heteroatoms. The number of benzene rings is 2. The molecule has 2 aliphatic rings. The third-order valence-electron chi connectivity index (χ3n) is 8.40. The normalized spacial score (nSPS) is 20.5. The lowest BCUT2D eigenvalue weighted by atomic mass is 10.1. The minimum atomic E-state index is -4.85. The predicted molar refractivity (Wildman–Crippen MR) is 180 cm³/mol. The van der Waals surface area contributed by atoms with Crippen molar-refractivity contribution in [2.45, 2.75) is 49.7 Å². The minimum Gasteiger partial charge on any atom is -0.351 e. The van der Waals surface area contributed by atoms with Crippen molar-refractivity contribution in [3.63, 3.8) is 0 Å². The molecule has 6 rings (SSSR count). The Morgan fingerprint density at radius 2 is 1.58 bits per heavy atom. The summed E-state index contributed by atoms with van der Waals surface area (Å²) in [6.07, 6.45) is 2.36. The number of piperazine rings is 1. The molecular formula is C31H34F3N7O4S3. The van der Waals surface area contributed by atoms with Gasteiger partial charge in [0.1, 0.15) is 21.5 Å². The number of sulfone groups is 1. The Morgan fingerprint density at radius 1 is 0.938 bits per heavy atom. The smallest absolute Gasteiger partial charge is 0.267 e. The van der Waals surface area contributed by atoms with E-state index in [2.05, 4.69) is 33.9 Å². The van der Waals surface area contributed by atoms with E-state index in [0.29, 0.717) is 28.5 Å². The second-order valence-corrected chi connectivity index (χ2v) is 17.1. The van der Waals surface area contributed by atoms with Gasteiger partial charge in [0.05, 0.1) is 33.5 Å². The molecule has 256 valence electrons. The average Bonchev–Trinajstić information content (AvgIpc) is 3.43. The summed E-state index contributed by atoms with van der Waals surface area (Å²) in [5, 5.41) is 3.83. The highest BCUT2D eigenvalue weighted by atomic mass is 32.2. The van der Waals surface area contributed by atoms with Crippen LogP contribution in [0.5, 0.6) is 0 Å². The average molecular weight is 722 g/mol. The lowest BCUT2D eigenvalue weighted by Gasteiger charge is -2.43. The Labute approximate surface area is 281 Å². The van der Waals surface area contributed by atoms with Crippen LogP contribution in [0.4, 0.5) is 29.9 Å². The number of anilines is 3. The highest BCUT2D eigenvalue weighted by molar-refractivity contribution is 7.92. The van der Waals surface area contributed by atoms with Crippen LogP contribution in [0.1, 0.15) is 26.7 Å². The van der Waals surface area contributed by atoms with E-state index in [9.17, 15) is 25.6 Å². The molecule has 0 bridgehead atoms. The molecule has 2 saturated heterocycles. The van der Waals surface area contributed by atoms with Crippen molar-refractivity contribution >= 4 is 48.0 Å². The lowest BCUT2D eigenvalue weighted by molar-refractivity contribution is 0.240. The molecule has 4 heterocycles. The number of aromatic nitrogens is 3. The molecule has 2 atom stereocenters. The van der Waals surface area contributed by atoms with E-state index >= 15 is 4.39 Å². The number of nitrogens with zero attached hydrogens (tertiary/aromatic N) is 5. The highest BCUT2D eigenvalue weighted by Crippen LogP contribution is 2.43. The van der Waals surface area contributed by atoms with Crippen LogP contribution in [0.2, 0.25) is 0 Å². The van der Waals surface area contributed by atoms with Crippen LogP contribution in [0, 0.1) is 17.5 Å². The number of likely N-dealkylation sites (N-methyl/N-ethyl adjacent to an activating group) is 1. The molecule has 2 aromatic heterocycles. The third-order valence-corrected chi connectivity index (χ3v) is 12.6. The van der Waals surface area contributed by atoms with Gasteiger partial charge in [0.15, 0.2) is 15.8 Å². The first-order valence-electron chi connectivity index (χ1n) is 15.3. The van der Waals surface area contributed by atoms with Crippen LogP contribution in [-0.2, 0) is 19.9 Å². The summed E-state index contributed by atoms with van der Waals surface area (Å²) in [6, 6.07) is 8.29. The molecule has 48 heavy (non-hydrogen) atoms. The van der Waals surface area contributed by atoms with Crippen LogP contribution in [-0.4, -0.2) is 86.5 Å². The molecule has 0 saturated carbocycles. The number of nitrogens with one attached hydrogen (secondary N) is 2. The van der Waals surface area contributed by atoms with Gasteiger partial charge in [-0.15, -0.1) is 0 Å². The number of halogens is 3. The molecule has 2 aliphatic heterocycles. The maximum atomic E-state index is 16.3. The van der Waals surface area contributed by atoms with Crippen LogP contribution < -0.4 is 14.9 Å². The van der Waals surface area contributed by atoms with E-state index in [0.717, 1.165) is 37.4 Å². The summed E-state index contributed by atoms with van der Waals surface area (Å²) in [5.41, 5.74) is 0.0383. The van der Waals surface area contributed by atoms with Crippen molar-refractivity contribution in [1.29, 1.82) is 0 Å². The van der Waals surface area contributed by atoms with Gasteiger partial charge in [-0.3, -0.25) is 4.72 Å². The highest BCUT2D eigenvalue weighted by Gasteiger charge is 2.33. The summed E-state index contributed by atoms with van der Waals surface area (Å²) < 4.78 is 97.1. The maximum Gasteiger partial charge on any atom is 0.267 e. The second-order valence-electron chi connectivity index (χ2n) is 12.2. The molecule has 2 aromatic carbocycles. The zero-order valence-electron chi connectivity index (χ0n) is 26.3. The summed E-state index contributed by atoms with van der Waals surface area (Å²) in [6.45, 7) is 5.68. The first-order chi connectivity index (χ1) is 22.7. The maximum absolute atomic E-state index is 16.3. The van der Waals surface area contributed by atoms with E-state index in [4.69, 9.17) is 9.97 Å². The van der Waals surface area contributed by atoms with Crippen LogP contribution in [0.15, 0.2) is 53.6 Å². The number of sulfonamides is 1.